The summed E-state index contributed by atoms with van der Waals surface area (Å²) in [6, 6.07) is 5.67. The lowest BCUT2D eigenvalue weighted by molar-refractivity contribution is 0.151. The molecule has 0 aromatic heterocycles. The van der Waals surface area contributed by atoms with Crippen molar-refractivity contribution < 1.29 is 14.3 Å². The van der Waals surface area contributed by atoms with Crippen molar-refractivity contribution in [2.45, 2.75) is 39.5 Å². The average molecular weight is 322 g/mol. The Labute approximate surface area is 140 Å². The molecule has 5 nitrogen and oxygen atoms in total. The largest absolute Gasteiger partial charge is 0.494 e. The molecule has 0 aliphatic carbocycles. The smallest absolute Gasteiger partial charge is 0.411 e. The summed E-state index contributed by atoms with van der Waals surface area (Å²) in [5.41, 5.74) is 1.71. The molecule has 0 saturated heterocycles. The first-order chi connectivity index (χ1) is 11.0. The molecule has 1 rings (SSSR count). The fourth-order valence-corrected chi connectivity index (χ4v) is 2.05. The number of aryl methyl sites for hydroxylation is 1. The second kappa shape index (κ2) is 10.9. The quantitative estimate of drug-likeness (QED) is 0.660. The molecule has 1 aromatic carbocycles. The van der Waals surface area contributed by atoms with Crippen molar-refractivity contribution in [3.05, 3.63) is 23.8 Å². The van der Waals surface area contributed by atoms with Gasteiger partial charge in [0.05, 0.1) is 6.61 Å². The van der Waals surface area contributed by atoms with Crippen LogP contribution in [0.5, 0.6) is 5.75 Å². The fraction of sp³-hybridized carbons (Fsp3) is 0.611. The highest BCUT2D eigenvalue weighted by atomic mass is 16.5. The lowest BCUT2D eigenvalue weighted by atomic mass is 10.2. The molecule has 0 heterocycles. The Kier molecular flexibility index (Phi) is 9.14. The van der Waals surface area contributed by atoms with Gasteiger partial charge < -0.3 is 14.4 Å². The zero-order valence-corrected chi connectivity index (χ0v) is 14.9. The zero-order valence-electron chi connectivity index (χ0n) is 14.9. The lowest BCUT2D eigenvalue weighted by Crippen LogP contribution is -2.22. The van der Waals surface area contributed by atoms with E-state index in [9.17, 15) is 4.79 Å². The number of nitrogens with zero attached hydrogens (tertiary/aromatic N) is 1. The van der Waals surface area contributed by atoms with Gasteiger partial charge in [0.15, 0.2) is 0 Å². The van der Waals surface area contributed by atoms with E-state index < -0.39 is 6.09 Å². The Hall–Kier alpha value is -1.75. The normalized spacial score (nSPS) is 10.7. The van der Waals surface area contributed by atoms with Crippen molar-refractivity contribution in [1.29, 1.82) is 0 Å². The molecule has 0 bridgehead atoms. The van der Waals surface area contributed by atoms with Gasteiger partial charge in [-0.1, -0.05) is 26.2 Å². The predicted octanol–water partition coefficient (Wildman–Crippen LogP) is 4.06. The van der Waals surface area contributed by atoms with Gasteiger partial charge >= 0.3 is 6.09 Å². The van der Waals surface area contributed by atoms with Crippen molar-refractivity contribution in [2.75, 3.05) is 39.2 Å². The molecule has 0 radical (unpaired) electrons. The molecule has 1 aromatic rings. The number of benzene rings is 1. The number of amides is 1. The van der Waals surface area contributed by atoms with Crippen LogP contribution in [0.15, 0.2) is 18.2 Å². The second-order valence-electron chi connectivity index (χ2n) is 5.95. The van der Waals surface area contributed by atoms with Gasteiger partial charge in [0, 0.05) is 12.2 Å². The topological polar surface area (TPSA) is 50.8 Å². The standard InChI is InChI=1S/C18H30N2O3/c1-5-6-7-8-12-22-16-9-10-17(15(2)14-16)19-18(21)23-13-11-20(3)4/h9-10,14H,5-8,11-13H2,1-4H3,(H,19,21). The minimum absolute atomic E-state index is 0.372. The molecule has 1 amide bonds. The summed E-state index contributed by atoms with van der Waals surface area (Å²) in [6.45, 7) is 5.95. The summed E-state index contributed by atoms with van der Waals surface area (Å²) in [5, 5.41) is 2.76. The van der Waals surface area contributed by atoms with Crippen molar-refractivity contribution >= 4 is 11.8 Å². The molecule has 130 valence electrons. The molecular formula is C18H30N2O3. The maximum Gasteiger partial charge on any atom is 0.411 e. The van der Waals surface area contributed by atoms with Crippen LogP contribution in [0.3, 0.4) is 0 Å². The number of hydrogen-bond acceptors (Lipinski definition) is 4. The SMILES string of the molecule is CCCCCCOc1ccc(NC(=O)OCCN(C)C)c(C)c1. The fourth-order valence-electron chi connectivity index (χ4n) is 2.05. The molecule has 0 unspecified atom stereocenters. The van der Waals surface area contributed by atoms with Crippen LogP contribution in [0.4, 0.5) is 10.5 Å². The van der Waals surface area contributed by atoms with E-state index in [1.807, 2.05) is 44.1 Å². The summed E-state index contributed by atoms with van der Waals surface area (Å²) in [7, 11) is 3.87. The minimum atomic E-state index is -0.428. The first kappa shape index (κ1) is 19.3. The maximum atomic E-state index is 11.7. The number of nitrogens with one attached hydrogen (secondary N) is 1. The van der Waals surface area contributed by atoms with Gasteiger partial charge in [-0.3, -0.25) is 5.32 Å². The molecule has 0 aliphatic rings. The molecule has 23 heavy (non-hydrogen) atoms. The van der Waals surface area contributed by atoms with Gasteiger partial charge in [0.25, 0.3) is 0 Å². The van der Waals surface area contributed by atoms with Gasteiger partial charge in [-0.25, -0.2) is 4.79 Å². The van der Waals surface area contributed by atoms with E-state index in [2.05, 4.69) is 12.2 Å². The van der Waals surface area contributed by atoms with Crippen LogP contribution in [-0.4, -0.2) is 44.8 Å². The van der Waals surface area contributed by atoms with Crippen LogP contribution >= 0.6 is 0 Å². The van der Waals surface area contributed by atoms with Crippen LogP contribution in [0.2, 0.25) is 0 Å². The number of rotatable bonds is 10. The Balaban J connectivity index is 2.38. The van der Waals surface area contributed by atoms with Crippen LogP contribution in [0.1, 0.15) is 38.2 Å². The van der Waals surface area contributed by atoms with Gasteiger partial charge in [0.1, 0.15) is 12.4 Å². The van der Waals surface area contributed by atoms with E-state index >= 15 is 0 Å². The highest BCUT2D eigenvalue weighted by molar-refractivity contribution is 5.85. The monoisotopic (exact) mass is 322 g/mol. The summed E-state index contributed by atoms with van der Waals surface area (Å²) in [6.07, 6.45) is 4.33. The Morgan fingerprint density at radius 3 is 2.61 bits per heavy atom. The van der Waals surface area contributed by atoms with E-state index in [0.717, 1.165) is 30.0 Å². The van der Waals surface area contributed by atoms with Gasteiger partial charge in [-0.2, -0.15) is 0 Å². The van der Waals surface area contributed by atoms with Crippen molar-refractivity contribution in [2.24, 2.45) is 0 Å². The maximum absolute atomic E-state index is 11.7. The van der Waals surface area contributed by atoms with Gasteiger partial charge in [0.2, 0.25) is 0 Å². The zero-order chi connectivity index (χ0) is 17.1. The summed E-state index contributed by atoms with van der Waals surface area (Å²) in [4.78, 5) is 13.7. The number of ether oxygens (including phenoxy) is 2. The van der Waals surface area contributed by atoms with E-state index in [1.165, 1.54) is 19.3 Å². The summed E-state index contributed by atoms with van der Waals surface area (Å²) < 4.78 is 10.9. The second-order valence-corrected chi connectivity index (χ2v) is 5.95. The predicted molar refractivity (Wildman–Crippen MR) is 94.3 cm³/mol. The molecule has 0 fully saturated rings. The Morgan fingerprint density at radius 2 is 1.96 bits per heavy atom. The van der Waals surface area contributed by atoms with Crippen molar-refractivity contribution in [3.63, 3.8) is 0 Å². The van der Waals surface area contributed by atoms with Crippen LogP contribution in [0.25, 0.3) is 0 Å². The highest BCUT2D eigenvalue weighted by Crippen LogP contribution is 2.21. The molecule has 0 atom stereocenters. The number of carbonyl (C=O) groups is 1. The number of likely N-dealkylation sites (N-methyl/N-ethyl adjacent to an activating group) is 1. The highest BCUT2D eigenvalue weighted by Gasteiger charge is 2.07. The van der Waals surface area contributed by atoms with E-state index in [4.69, 9.17) is 9.47 Å². The molecule has 0 aliphatic heterocycles. The number of hydrogen-bond donors (Lipinski definition) is 1. The number of anilines is 1. The number of unbranched alkanes of at least 4 members (excludes halogenated alkanes) is 3. The van der Waals surface area contributed by atoms with E-state index in [1.54, 1.807) is 0 Å². The molecule has 0 spiro atoms. The lowest BCUT2D eigenvalue weighted by Gasteiger charge is -2.13. The van der Waals surface area contributed by atoms with Crippen molar-refractivity contribution in [1.82, 2.24) is 4.90 Å². The number of carbonyl (C=O) groups excluding carboxylic acids is 1. The van der Waals surface area contributed by atoms with Gasteiger partial charge in [-0.05, 0) is 51.2 Å². The molecular weight excluding hydrogens is 292 g/mol. The van der Waals surface area contributed by atoms with Crippen LogP contribution in [-0.2, 0) is 4.74 Å². The van der Waals surface area contributed by atoms with Crippen molar-refractivity contribution in [3.8, 4) is 5.75 Å². The van der Waals surface area contributed by atoms with Gasteiger partial charge in [-0.15, -0.1) is 0 Å². The molecule has 0 saturated carbocycles. The third-order valence-electron chi connectivity index (χ3n) is 3.47. The van der Waals surface area contributed by atoms with Crippen LogP contribution < -0.4 is 10.1 Å². The van der Waals surface area contributed by atoms with Crippen LogP contribution in [0, 0.1) is 6.92 Å². The minimum Gasteiger partial charge on any atom is -0.494 e. The third kappa shape index (κ3) is 8.45. The molecule has 1 N–H and O–H groups in total. The summed E-state index contributed by atoms with van der Waals surface area (Å²) in [5.74, 6) is 0.838. The van der Waals surface area contributed by atoms with E-state index in [-0.39, 0.29) is 0 Å². The summed E-state index contributed by atoms with van der Waals surface area (Å²) >= 11 is 0. The Bertz CT molecular complexity index is 475. The average Bonchev–Trinajstić information content (AvgIpc) is 2.49. The first-order valence-corrected chi connectivity index (χ1v) is 8.35. The third-order valence-corrected chi connectivity index (χ3v) is 3.47. The molecule has 5 heteroatoms. The first-order valence-electron chi connectivity index (χ1n) is 8.35. The Morgan fingerprint density at radius 1 is 1.17 bits per heavy atom. The van der Waals surface area contributed by atoms with E-state index in [0.29, 0.717) is 13.2 Å².